The third-order valence-corrected chi connectivity index (χ3v) is 4.06. The average Bonchev–Trinajstić information content (AvgIpc) is 2.49. The maximum absolute atomic E-state index is 11.9. The van der Waals surface area contributed by atoms with Crippen LogP contribution in [0.4, 0.5) is 5.69 Å². The van der Waals surface area contributed by atoms with Gasteiger partial charge in [0.25, 0.3) is 5.91 Å². The second-order valence-electron chi connectivity index (χ2n) is 4.23. The molecule has 0 aromatic heterocycles. The van der Waals surface area contributed by atoms with Gasteiger partial charge in [-0.25, -0.2) is 4.79 Å². The van der Waals surface area contributed by atoms with E-state index in [1.54, 1.807) is 36.4 Å². The number of esters is 1. The maximum atomic E-state index is 11.9. The van der Waals surface area contributed by atoms with Gasteiger partial charge >= 0.3 is 5.97 Å². The summed E-state index contributed by atoms with van der Waals surface area (Å²) in [6.45, 7) is -0.402. The van der Waals surface area contributed by atoms with Gasteiger partial charge in [-0.3, -0.25) is 4.79 Å². The summed E-state index contributed by atoms with van der Waals surface area (Å²) in [4.78, 5) is 23.6. The summed E-state index contributed by atoms with van der Waals surface area (Å²) < 4.78 is 5.56. The molecule has 2 aromatic carbocycles. The van der Waals surface area contributed by atoms with Gasteiger partial charge in [-0.15, -0.1) is 0 Å². The van der Waals surface area contributed by atoms with E-state index in [-0.39, 0.29) is 0 Å². The number of hydrogen-bond donors (Lipinski definition) is 1. The Labute approximate surface area is 145 Å². The fourth-order valence-electron chi connectivity index (χ4n) is 1.61. The number of nitrogens with one attached hydrogen (secondary N) is 1. The number of carbonyl (C=O) groups excluding carboxylic acids is 2. The quantitative estimate of drug-likeness (QED) is 0.763. The summed E-state index contributed by atoms with van der Waals surface area (Å²) in [6, 6.07) is 11.5. The molecule has 114 valence electrons. The molecule has 22 heavy (non-hydrogen) atoms. The van der Waals surface area contributed by atoms with Crippen LogP contribution in [0.1, 0.15) is 10.4 Å². The van der Waals surface area contributed by atoms with Gasteiger partial charge in [0.15, 0.2) is 6.61 Å². The number of anilines is 1. The van der Waals surface area contributed by atoms with Gasteiger partial charge in [0.2, 0.25) is 0 Å². The first-order chi connectivity index (χ1) is 10.5. The first-order valence-corrected chi connectivity index (χ1v) is 7.69. The molecule has 0 aliphatic rings. The van der Waals surface area contributed by atoms with Crippen molar-refractivity contribution >= 4 is 56.7 Å². The van der Waals surface area contributed by atoms with Crippen LogP contribution in [0.3, 0.4) is 0 Å². The molecule has 0 heterocycles. The van der Waals surface area contributed by atoms with E-state index in [4.69, 9.17) is 27.9 Å². The number of benzene rings is 2. The largest absolute Gasteiger partial charge is 0.452 e. The van der Waals surface area contributed by atoms with E-state index in [0.717, 1.165) is 0 Å². The highest BCUT2D eigenvalue weighted by atomic mass is 79.9. The Morgan fingerprint density at radius 3 is 2.50 bits per heavy atom. The van der Waals surface area contributed by atoms with Crippen LogP contribution in [0.25, 0.3) is 0 Å². The van der Waals surface area contributed by atoms with Gasteiger partial charge in [-0.1, -0.05) is 35.3 Å². The van der Waals surface area contributed by atoms with E-state index in [0.29, 0.717) is 25.8 Å². The van der Waals surface area contributed by atoms with E-state index in [2.05, 4.69) is 21.2 Å². The highest BCUT2D eigenvalue weighted by Gasteiger charge is 2.13. The lowest BCUT2D eigenvalue weighted by Gasteiger charge is -2.08. The molecular weight excluding hydrogens is 393 g/mol. The Kier molecular flexibility index (Phi) is 5.83. The summed E-state index contributed by atoms with van der Waals surface area (Å²) in [7, 11) is 0. The summed E-state index contributed by atoms with van der Waals surface area (Å²) in [5.74, 6) is -1.06. The number of ether oxygens (including phenoxy) is 1. The van der Waals surface area contributed by atoms with Crippen molar-refractivity contribution in [3.05, 3.63) is 62.5 Å². The van der Waals surface area contributed by atoms with E-state index >= 15 is 0 Å². The highest BCUT2D eigenvalue weighted by molar-refractivity contribution is 9.10. The SMILES string of the molecule is O=C(COC(=O)c1ccccc1Br)Nc1ccc(Cl)c(Cl)c1. The zero-order valence-electron chi connectivity index (χ0n) is 11.1. The molecule has 0 unspecified atom stereocenters. The minimum absolute atomic E-state index is 0.324. The van der Waals surface area contributed by atoms with Gasteiger partial charge in [-0.2, -0.15) is 0 Å². The van der Waals surface area contributed by atoms with Crippen LogP contribution < -0.4 is 5.32 Å². The fourth-order valence-corrected chi connectivity index (χ4v) is 2.35. The zero-order valence-corrected chi connectivity index (χ0v) is 14.2. The van der Waals surface area contributed by atoms with E-state index in [1.807, 2.05) is 0 Å². The molecule has 0 radical (unpaired) electrons. The van der Waals surface area contributed by atoms with E-state index in [9.17, 15) is 9.59 Å². The molecule has 0 aliphatic heterocycles. The fraction of sp³-hybridized carbons (Fsp3) is 0.0667. The molecule has 0 aliphatic carbocycles. The molecule has 0 atom stereocenters. The van der Waals surface area contributed by atoms with Crippen LogP contribution >= 0.6 is 39.1 Å². The second kappa shape index (κ2) is 7.63. The Bertz CT molecular complexity index is 722. The van der Waals surface area contributed by atoms with Crippen molar-refractivity contribution in [1.82, 2.24) is 0 Å². The summed E-state index contributed by atoms with van der Waals surface area (Å²) in [5, 5.41) is 3.27. The van der Waals surface area contributed by atoms with E-state index < -0.39 is 18.5 Å². The minimum atomic E-state index is -0.586. The zero-order chi connectivity index (χ0) is 16.1. The number of hydrogen-bond acceptors (Lipinski definition) is 3. The van der Waals surface area contributed by atoms with Crippen LogP contribution in [0, 0.1) is 0 Å². The van der Waals surface area contributed by atoms with Gasteiger partial charge < -0.3 is 10.1 Å². The number of rotatable bonds is 4. The summed E-state index contributed by atoms with van der Waals surface area (Å²) in [6.07, 6.45) is 0. The normalized spacial score (nSPS) is 10.1. The standard InChI is InChI=1S/C15H10BrCl2NO3/c16-11-4-2-1-3-10(11)15(21)22-8-14(20)19-9-5-6-12(17)13(18)7-9/h1-7H,8H2,(H,19,20). The topological polar surface area (TPSA) is 55.4 Å². The third-order valence-electron chi connectivity index (χ3n) is 2.63. The van der Waals surface area contributed by atoms with Crippen molar-refractivity contribution in [3.8, 4) is 0 Å². The Morgan fingerprint density at radius 1 is 1.09 bits per heavy atom. The van der Waals surface area contributed by atoms with Crippen molar-refractivity contribution in [2.24, 2.45) is 0 Å². The maximum Gasteiger partial charge on any atom is 0.339 e. The van der Waals surface area contributed by atoms with Crippen molar-refractivity contribution in [2.75, 3.05) is 11.9 Å². The lowest BCUT2D eigenvalue weighted by atomic mass is 10.2. The van der Waals surface area contributed by atoms with Gasteiger partial charge in [0.1, 0.15) is 0 Å². The molecule has 2 aromatic rings. The Hall–Kier alpha value is -1.56. The lowest BCUT2D eigenvalue weighted by Crippen LogP contribution is -2.21. The predicted molar refractivity (Wildman–Crippen MR) is 89.5 cm³/mol. The highest BCUT2D eigenvalue weighted by Crippen LogP contribution is 2.25. The molecular formula is C15H10BrCl2NO3. The molecule has 2 rings (SSSR count). The molecule has 0 spiro atoms. The number of halogens is 3. The van der Waals surface area contributed by atoms with Crippen LogP contribution in [0.2, 0.25) is 10.0 Å². The van der Waals surface area contributed by atoms with Crippen LogP contribution in [-0.2, 0) is 9.53 Å². The van der Waals surface area contributed by atoms with Crippen molar-refractivity contribution in [3.63, 3.8) is 0 Å². The lowest BCUT2D eigenvalue weighted by molar-refractivity contribution is -0.119. The first kappa shape index (κ1) is 16.8. The molecule has 0 saturated heterocycles. The molecule has 1 amide bonds. The molecule has 7 heteroatoms. The molecule has 0 saturated carbocycles. The Morgan fingerprint density at radius 2 is 1.82 bits per heavy atom. The summed E-state index contributed by atoms with van der Waals surface area (Å²) in [5.41, 5.74) is 0.821. The molecule has 0 fully saturated rings. The number of amides is 1. The van der Waals surface area contributed by atoms with E-state index in [1.165, 1.54) is 6.07 Å². The smallest absolute Gasteiger partial charge is 0.339 e. The Balaban J connectivity index is 1.91. The minimum Gasteiger partial charge on any atom is -0.452 e. The van der Waals surface area contributed by atoms with Crippen molar-refractivity contribution in [1.29, 1.82) is 0 Å². The third kappa shape index (κ3) is 4.47. The summed E-state index contributed by atoms with van der Waals surface area (Å²) >= 11 is 14.9. The van der Waals surface area contributed by atoms with Crippen LogP contribution in [0.5, 0.6) is 0 Å². The molecule has 1 N–H and O–H groups in total. The van der Waals surface area contributed by atoms with Crippen LogP contribution in [-0.4, -0.2) is 18.5 Å². The van der Waals surface area contributed by atoms with Crippen molar-refractivity contribution < 1.29 is 14.3 Å². The molecule has 4 nitrogen and oxygen atoms in total. The predicted octanol–water partition coefficient (Wildman–Crippen LogP) is 4.55. The van der Waals surface area contributed by atoms with Gasteiger partial charge in [0, 0.05) is 10.2 Å². The van der Waals surface area contributed by atoms with Gasteiger partial charge in [0.05, 0.1) is 15.6 Å². The first-order valence-electron chi connectivity index (χ1n) is 6.14. The second-order valence-corrected chi connectivity index (χ2v) is 5.90. The monoisotopic (exact) mass is 401 g/mol. The van der Waals surface area contributed by atoms with Crippen LogP contribution in [0.15, 0.2) is 46.9 Å². The molecule has 0 bridgehead atoms. The average molecular weight is 403 g/mol. The number of carbonyl (C=O) groups is 2. The van der Waals surface area contributed by atoms with Crippen molar-refractivity contribution in [2.45, 2.75) is 0 Å². The van der Waals surface area contributed by atoms with Gasteiger partial charge in [-0.05, 0) is 46.3 Å².